The number of nitrogens with zero attached hydrogens (tertiary/aromatic N) is 2. The Bertz CT molecular complexity index is 588. The van der Waals surface area contributed by atoms with Crippen molar-refractivity contribution < 1.29 is 8.78 Å². The van der Waals surface area contributed by atoms with Crippen LogP contribution in [0.3, 0.4) is 0 Å². The van der Waals surface area contributed by atoms with Gasteiger partial charge in [0.1, 0.15) is 11.6 Å². The summed E-state index contributed by atoms with van der Waals surface area (Å²) >= 11 is 4.31. The van der Waals surface area contributed by atoms with Gasteiger partial charge in [0, 0.05) is 11.6 Å². The highest BCUT2D eigenvalue weighted by atomic mass is 79.9. The van der Waals surface area contributed by atoms with E-state index in [2.05, 4.69) is 30.8 Å². The molecule has 1 aromatic heterocycles. The maximum absolute atomic E-state index is 14.0. The van der Waals surface area contributed by atoms with Crippen LogP contribution in [0.5, 0.6) is 0 Å². The maximum Gasteiger partial charge on any atom is 0.143 e. The topological polar surface area (TPSA) is 37.8 Å². The second-order valence-corrected chi connectivity index (χ2v) is 5.73. The standard InChI is InChI=1S/C12H12BrF2N3S/c1-6-12(19-18-17-6)10(16-2)5-7-9(14)4-3-8(13)11(7)15/h3-4,10,16H,5H2,1-2H3. The number of rotatable bonds is 4. The molecule has 0 aliphatic rings. The van der Waals surface area contributed by atoms with Crippen molar-refractivity contribution in [3.8, 4) is 0 Å². The molecule has 1 atom stereocenters. The van der Waals surface area contributed by atoms with Crippen molar-refractivity contribution in [1.82, 2.24) is 14.9 Å². The number of benzene rings is 1. The van der Waals surface area contributed by atoms with Gasteiger partial charge >= 0.3 is 0 Å². The lowest BCUT2D eigenvalue weighted by Crippen LogP contribution is -2.20. The van der Waals surface area contributed by atoms with Gasteiger partial charge in [0.25, 0.3) is 0 Å². The van der Waals surface area contributed by atoms with E-state index in [0.29, 0.717) is 0 Å². The monoisotopic (exact) mass is 347 g/mol. The molecule has 0 radical (unpaired) electrons. The molecule has 0 saturated carbocycles. The smallest absolute Gasteiger partial charge is 0.143 e. The molecule has 102 valence electrons. The fraction of sp³-hybridized carbons (Fsp3) is 0.333. The van der Waals surface area contributed by atoms with Crippen molar-refractivity contribution in [2.75, 3.05) is 7.05 Å². The van der Waals surface area contributed by atoms with E-state index < -0.39 is 11.6 Å². The van der Waals surface area contributed by atoms with Gasteiger partial charge in [0.15, 0.2) is 0 Å². The summed E-state index contributed by atoms with van der Waals surface area (Å²) in [6.45, 7) is 1.83. The van der Waals surface area contributed by atoms with Gasteiger partial charge in [-0.25, -0.2) is 8.78 Å². The van der Waals surface area contributed by atoms with Gasteiger partial charge in [-0.2, -0.15) is 0 Å². The molecule has 3 nitrogen and oxygen atoms in total. The summed E-state index contributed by atoms with van der Waals surface area (Å²) < 4.78 is 31.8. The van der Waals surface area contributed by atoms with Gasteiger partial charge in [0.05, 0.1) is 15.0 Å². The molecule has 7 heteroatoms. The van der Waals surface area contributed by atoms with E-state index in [1.165, 1.54) is 23.7 Å². The van der Waals surface area contributed by atoms with Gasteiger partial charge in [-0.1, -0.05) is 4.49 Å². The first kappa shape index (κ1) is 14.5. The molecule has 0 fully saturated rings. The summed E-state index contributed by atoms with van der Waals surface area (Å²) in [5.41, 5.74) is 0.835. The highest BCUT2D eigenvalue weighted by Crippen LogP contribution is 2.28. The van der Waals surface area contributed by atoms with Crippen molar-refractivity contribution in [2.24, 2.45) is 0 Å². The second kappa shape index (κ2) is 6.02. The largest absolute Gasteiger partial charge is 0.312 e. The van der Waals surface area contributed by atoms with Crippen LogP contribution in [0.1, 0.15) is 22.2 Å². The third-order valence-electron chi connectivity index (χ3n) is 2.90. The molecule has 0 saturated heterocycles. The van der Waals surface area contributed by atoms with E-state index >= 15 is 0 Å². The zero-order valence-electron chi connectivity index (χ0n) is 10.4. The zero-order valence-corrected chi connectivity index (χ0v) is 12.8. The average molecular weight is 348 g/mol. The lowest BCUT2D eigenvalue weighted by atomic mass is 10.0. The molecule has 0 amide bonds. The van der Waals surface area contributed by atoms with E-state index in [-0.39, 0.29) is 22.5 Å². The Hall–Kier alpha value is -0.920. The molecule has 1 aromatic carbocycles. The maximum atomic E-state index is 14.0. The predicted molar refractivity (Wildman–Crippen MR) is 74.2 cm³/mol. The number of nitrogens with one attached hydrogen (secondary N) is 1. The fourth-order valence-corrected chi connectivity index (χ4v) is 2.97. The van der Waals surface area contributed by atoms with Crippen LogP contribution in [-0.2, 0) is 6.42 Å². The zero-order chi connectivity index (χ0) is 14.0. The SMILES string of the molecule is CNC(Cc1c(F)ccc(Br)c1F)c1snnc1C. The molecule has 0 aliphatic heterocycles. The van der Waals surface area contributed by atoms with Crippen LogP contribution in [0.15, 0.2) is 16.6 Å². The van der Waals surface area contributed by atoms with Crippen molar-refractivity contribution in [3.05, 3.63) is 44.4 Å². The Labute approximate surface area is 122 Å². The first-order valence-electron chi connectivity index (χ1n) is 5.63. The molecular weight excluding hydrogens is 336 g/mol. The number of halogens is 3. The summed E-state index contributed by atoms with van der Waals surface area (Å²) in [7, 11) is 1.75. The van der Waals surface area contributed by atoms with Gasteiger partial charge in [-0.15, -0.1) is 5.10 Å². The molecule has 0 spiro atoms. The molecule has 0 bridgehead atoms. The van der Waals surface area contributed by atoms with Crippen molar-refractivity contribution in [3.63, 3.8) is 0 Å². The third-order valence-corrected chi connectivity index (χ3v) is 4.45. The number of hydrogen-bond donors (Lipinski definition) is 1. The average Bonchev–Trinajstić information content (AvgIpc) is 2.81. The molecule has 19 heavy (non-hydrogen) atoms. The van der Waals surface area contributed by atoms with Crippen LogP contribution in [0, 0.1) is 18.6 Å². The molecule has 1 N–H and O–H groups in total. The van der Waals surface area contributed by atoms with Crippen molar-refractivity contribution in [2.45, 2.75) is 19.4 Å². The normalized spacial score (nSPS) is 12.7. The number of aromatic nitrogens is 2. The minimum Gasteiger partial charge on any atom is -0.312 e. The Balaban J connectivity index is 2.34. The van der Waals surface area contributed by atoms with Crippen LogP contribution in [0.25, 0.3) is 0 Å². The molecule has 0 aliphatic carbocycles. The Morgan fingerprint density at radius 3 is 2.74 bits per heavy atom. The Kier molecular flexibility index (Phi) is 4.59. The third kappa shape index (κ3) is 2.98. The van der Waals surface area contributed by atoms with Crippen molar-refractivity contribution >= 4 is 27.5 Å². The van der Waals surface area contributed by atoms with Gasteiger partial charge in [-0.05, 0) is 60.0 Å². The van der Waals surface area contributed by atoms with E-state index in [4.69, 9.17) is 0 Å². The molecular formula is C12H12BrF2N3S. The predicted octanol–water partition coefficient (Wildman–Crippen LogP) is 3.39. The highest BCUT2D eigenvalue weighted by Gasteiger charge is 2.21. The quantitative estimate of drug-likeness (QED) is 0.861. The van der Waals surface area contributed by atoms with Crippen LogP contribution in [0.2, 0.25) is 0 Å². The summed E-state index contributed by atoms with van der Waals surface area (Å²) in [4.78, 5) is 0.890. The summed E-state index contributed by atoms with van der Waals surface area (Å²) in [5, 5.41) is 6.97. The lowest BCUT2D eigenvalue weighted by Gasteiger charge is -2.16. The van der Waals surface area contributed by atoms with Crippen molar-refractivity contribution in [1.29, 1.82) is 0 Å². The van der Waals surface area contributed by atoms with Crippen LogP contribution >= 0.6 is 27.5 Å². The van der Waals surface area contributed by atoms with Gasteiger partial charge < -0.3 is 5.32 Å². The number of aryl methyl sites for hydroxylation is 1. The lowest BCUT2D eigenvalue weighted by molar-refractivity contribution is 0.514. The first-order valence-corrected chi connectivity index (χ1v) is 7.19. The Morgan fingerprint density at radius 2 is 2.16 bits per heavy atom. The minimum atomic E-state index is -0.560. The minimum absolute atomic E-state index is 0.0570. The second-order valence-electron chi connectivity index (χ2n) is 4.09. The van der Waals surface area contributed by atoms with Crippen LogP contribution in [-0.4, -0.2) is 16.6 Å². The Morgan fingerprint density at radius 1 is 1.42 bits per heavy atom. The first-order chi connectivity index (χ1) is 9.04. The highest BCUT2D eigenvalue weighted by molar-refractivity contribution is 9.10. The number of hydrogen-bond acceptors (Lipinski definition) is 4. The number of likely N-dealkylation sites (N-methyl/N-ethyl adjacent to an activating group) is 1. The van der Waals surface area contributed by atoms with E-state index in [9.17, 15) is 8.78 Å². The molecule has 2 rings (SSSR count). The van der Waals surface area contributed by atoms with E-state index in [1.54, 1.807) is 7.05 Å². The summed E-state index contributed by atoms with van der Waals surface area (Å²) in [6.07, 6.45) is 0.207. The van der Waals surface area contributed by atoms with Gasteiger partial charge in [-0.3, -0.25) is 0 Å². The fourth-order valence-electron chi connectivity index (χ4n) is 1.84. The summed E-state index contributed by atoms with van der Waals surface area (Å²) in [5.74, 6) is -1.11. The van der Waals surface area contributed by atoms with E-state index in [0.717, 1.165) is 10.6 Å². The van der Waals surface area contributed by atoms with Crippen LogP contribution in [0.4, 0.5) is 8.78 Å². The molecule has 1 heterocycles. The van der Waals surface area contributed by atoms with E-state index in [1.807, 2.05) is 6.92 Å². The molecule has 1 unspecified atom stereocenters. The van der Waals surface area contributed by atoms with Crippen LogP contribution < -0.4 is 5.32 Å². The van der Waals surface area contributed by atoms with Gasteiger partial charge in [0.2, 0.25) is 0 Å². The molecule has 2 aromatic rings. The summed E-state index contributed by atoms with van der Waals surface area (Å²) in [6, 6.07) is 2.41.